The Morgan fingerprint density at radius 2 is 2.20 bits per heavy atom. The van der Waals surface area contributed by atoms with Crippen molar-refractivity contribution in [2.45, 2.75) is 32.9 Å². The van der Waals surface area contributed by atoms with Crippen LogP contribution < -0.4 is 5.32 Å². The second kappa shape index (κ2) is 5.89. The van der Waals surface area contributed by atoms with Gasteiger partial charge < -0.3 is 9.80 Å². The zero-order valence-corrected chi connectivity index (χ0v) is 12.0. The largest absolute Gasteiger partial charge is 0.342 e. The van der Waals surface area contributed by atoms with Crippen LogP contribution in [-0.2, 0) is 11.3 Å². The summed E-state index contributed by atoms with van der Waals surface area (Å²) in [6.07, 6.45) is 2.15. The van der Waals surface area contributed by atoms with E-state index in [9.17, 15) is 9.59 Å². The predicted molar refractivity (Wildman–Crippen MR) is 73.1 cm³/mol. The van der Waals surface area contributed by atoms with Crippen LogP contribution in [0.2, 0.25) is 0 Å². The Morgan fingerprint density at radius 3 is 2.80 bits per heavy atom. The highest BCUT2D eigenvalue weighted by Crippen LogP contribution is 2.14. The molecular formula is C12H20N6O2. The zero-order valence-electron chi connectivity index (χ0n) is 12.0. The molecule has 0 spiro atoms. The van der Waals surface area contributed by atoms with Crippen LogP contribution in [0, 0.1) is 0 Å². The summed E-state index contributed by atoms with van der Waals surface area (Å²) in [5, 5.41) is 6.74. The Hall–Kier alpha value is -2.12. The normalized spacial score (nSPS) is 19.4. The molecule has 0 radical (unpaired) electrons. The molecule has 1 aromatic rings. The number of nitrogens with zero attached hydrogens (tertiary/aromatic N) is 5. The van der Waals surface area contributed by atoms with Gasteiger partial charge in [0.15, 0.2) is 0 Å². The van der Waals surface area contributed by atoms with E-state index in [1.165, 1.54) is 0 Å². The Labute approximate surface area is 117 Å². The van der Waals surface area contributed by atoms with Crippen LogP contribution >= 0.6 is 0 Å². The number of piperazine rings is 1. The van der Waals surface area contributed by atoms with E-state index in [-0.39, 0.29) is 17.9 Å². The summed E-state index contributed by atoms with van der Waals surface area (Å²) in [7, 11) is 1.75. The molecule has 0 saturated carbocycles. The van der Waals surface area contributed by atoms with Gasteiger partial charge in [0.2, 0.25) is 11.9 Å². The summed E-state index contributed by atoms with van der Waals surface area (Å²) < 4.78 is 1.63. The van der Waals surface area contributed by atoms with E-state index in [1.54, 1.807) is 27.9 Å². The second-order valence-corrected chi connectivity index (χ2v) is 4.73. The summed E-state index contributed by atoms with van der Waals surface area (Å²) in [5.74, 6) is 0.235. The lowest BCUT2D eigenvalue weighted by atomic mass is 10.1. The van der Waals surface area contributed by atoms with Gasteiger partial charge in [-0.05, 0) is 13.3 Å². The predicted octanol–water partition coefficient (Wildman–Crippen LogP) is 0.382. The van der Waals surface area contributed by atoms with Crippen molar-refractivity contribution in [1.29, 1.82) is 0 Å². The van der Waals surface area contributed by atoms with Crippen LogP contribution in [0.5, 0.6) is 0 Å². The second-order valence-electron chi connectivity index (χ2n) is 4.73. The highest BCUT2D eigenvalue weighted by molar-refractivity contribution is 5.93. The molecule has 0 aromatic carbocycles. The number of carbonyl (C=O) groups excluding carboxylic acids is 2. The Morgan fingerprint density at radius 1 is 1.45 bits per heavy atom. The molecule has 1 aliphatic heterocycles. The molecule has 1 saturated heterocycles. The first kappa shape index (κ1) is 14.3. The number of hydrogen-bond donors (Lipinski definition) is 1. The fourth-order valence-corrected chi connectivity index (χ4v) is 2.22. The van der Waals surface area contributed by atoms with Crippen molar-refractivity contribution >= 4 is 17.9 Å². The van der Waals surface area contributed by atoms with Crippen LogP contribution in [0.1, 0.15) is 20.3 Å². The van der Waals surface area contributed by atoms with E-state index in [4.69, 9.17) is 0 Å². The topological polar surface area (TPSA) is 83.4 Å². The van der Waals surface area contributed by atoms with Gasteiger partial charge in [-0.2, -0.15) is 0 Å². The lowest BCUT2D eigenvalue weighted by Gasteiger charge is -2.38. The first-order valence-corrected chi connectivity index (χ1v) is 6.78. The molecule has 8 nitrogen and oxygen atoms in total. The van der Waals surface area contributed by atoms with Crippen molar-refractivity contribution in [3.8, 4) is 0 Å². The van der Waals surface area contributed by atoms with Crippen LogP contribution in [0.4, 0.5) is 10.7 Å². The number of likely N-dealkylation sites (N-methyl/N-ethyl adjacent to an activating group) is 1. The first-order valence-electron chi connectivity index (χ1n) is 6.78. The fourth-order valence-electron chi connectivity index (χ4n) is 2.22. The summed E-state index contributed by atoms with van der Waals surface area (Å²) in [4.78, 5) is 31.5. The number of hydrogen-bond acceptors (Lipinski definition) is 4. The summed E-state index contributed by atoms with van der Waals surface area (Å²) in [6, 6.07) is -0.742. The quantitative estimate of drug-likeness (QED) is 0.867. The molecule has 1 aliphatic rings. The van der Waals surface area contributed by atoms with E-state index < -0.39 is 6.04 Å². The third-order valence-electron chi connectivity index (χ3n) is 3.44. The summed E-state index contributed by atoms with van der Waals surface area (Å²) in [6.45, 7) is 5.58. The molecule has 20 heavy (non-hydrogen) atoms. The molecule has 2 heterocycles. The molecule has 2 rings (SSSR count). The smallest absolute Gasteiger partial charge is 0.325 e. The van der Waals surface area contributed by atoms with Crippen molar-refractivity contribution in [3.05, 3.63) is 6.33 Å². The summed E-state index contributed by atoms with van der Waals surface area (Å²) >= 11 is 0. The van der Waals surface area contributed by atoms with Gasteiger partial charge in [-0.15, -0.1) is 5.10 Å². The standard InChI is InChI=1S/C12H20N6O2/c1-4-9-10(19)16(3)6-7-18(9)12(20)14-11-13-8-17(5-2)15-11/h8-9H,4-7H2,1-3H3,(H,14,15,20). The number of carbonyl (C=O) groups is 2. The van der Waals surface area contributed by atoms with Crippen molar-refractivity contribution < 1.29 is 9.59 Å². The van der Waals surface area contributed by atoms with Gasteiger partial charge in [-0.1, -0.05) is 6.92 Å². The summed E-state index contributed by atoms with van der Waals surface area (Å²) in [5.41, 5.74) is 0. The van der Waals surface area contributed by atoms with Crippen LogP contribution in [0.25, 0.3) is 0 Å². The Balaban J connectivity index is 2.05. The minimum Gasteiger partial charge on any atom is -0.342 e. The van der Waals surface area contributed by atoms with Gasteiger partial charge in [0, 0.05) is 26.7 Å². The molecule has 1 aromatic heterocycles. The number of aromatic nitrogens is 3. The highest BCUT2D eigenvalue weighted by Gasteiger charge is 2.34. The average molecular weight is 280 g/mol. The molecule has 110 valence electrons. The molecular weight excluding hydrogens is 260 g/mol. The SMILES string of the molecule is CCC1C(=O)N(C)CCN1C(=O)Nc1ncn(CC)n1. The Kier molecular flexibility index (Phi) is 4.21. The molecule has 0 bridgehead atoms. The third-order valence-corrected chi connectivity index (χ3v) is 3.44. The zero-order chi connectivity index (χ0) is 14.7. The molecule has 0 aliphatic carbocycles. The maximum absolute atomic E-state index is 12.2. The van der Waals surface area contributed by atoms with Crippen molar-refractivity contribution in [2.24, 2.45) is 0 Å². The van der Waals surface area contributed by atoms with Gasteiger partial charge in [-0.25, -0.2) is 9.78 Å². The van der Waals surface area contributed by atoms with E-state index >= 15 is 0 Å². The molecule has 1 N–H and O–H groups in total. The lowest BCUT2D eigenvalue weighted by molar-refractivity contribution is -0.138. The van der Waals surface area contributed by atoms with Crippen LogP contribution in [-0.4, -0.2) is 62.7 Å². The first-order chi connectivity index (χ1) is 9.56. The van der Waals surface area contributed by atoms with Gasteiger partial charge in [-0.3, -0.25) is 14.8 Å². The fraction of sp³-hybridized carbons (Fsp3) is 0.667. The number of urea groups is 1. The van der Waals surface area contributed by atoms with E-state index in [0.29, 0.717) is 26.1 Å². The minimum atomic E-state index is -0.415. The lowest BCUT2D eigenvalue weighted by Crippen LogP contribution is -2.58. The number of aryl methyl sites for hydroxylation is 1. The van der Waals surface area contributed by atoms with Crippen molar-refractivity contribution in [1.82, 2.24) is 24.6 Å². The third kappa shape index (κ3) is 2.73. The highest BCUT2D eigenvalue weighted by atomic mass is 16.2. The monoisotopic (exact) mass is 280 g/mol. The van der Waals surface area contributed by atoms with E-state index in [2.05, 4.69) is 15.4 Å². The molecule has 3 amide bonds. The van der Waals surface area contributed by atoms with E-state index in [0.717, 1.165) is 0 Å². The molecule has 1 unspecified atom stereocenters. The maximum atomic E-state index is 12.2. The number of amides is 3. The van der Waals surface area contributed by atoms with Gasteiger partial charge in [0.1, 0.15) is 12.4 Å². The van der Waals surface area contributed by atoms with E-state index in [1.807, 2.05) is 13.8 Å². The molecule has 1 atom stereocenters. The minimum absolute atomic E-state index is 0.0269. The number of rotatable bonds is 3. The van der Waals surface area contributed by atoms with Gasteiger partial charge in [0.25, 0.3) is 0 Å². The van der Waals surface area contributed by atoms with Crippen LogP contribution in [0.3, 0.4) is 0 Å². The molecule has 8 heteroatoms. The average Bonchev–Trinajstić information content (AvgIpc) is 2.89. The van der Waals surface area contributed by atoms with Crippen molar-refractivity contribution in [3.63, 3.8) is 0 Å². The number of nitrogens with one attached hydrogen (secondary N) is 1. The van der Waals surface area contributed by atoms with Crippen LogP contribution in [0.15, 0.2) is 6.33 Å². The maximum Gasteiger partial charge on any atom is 0.325 e. The van der Waals surface area contributed by atoms with Gasteiger partial charge >= 0.3 is 6.03 Å². The Bertz CT molecular complexity index is 500. The molecule has 1 fully saturated rings. The number of anilines is 1. The van der Waals surface area contributed by atoms with Gasteiger partial charge in [0.05, 0.1) is 0 Å². The van der Waals surface area contributed by atoms with Crippen molar-refractivity contribution in [2.75, 3.05) is 25.5 Å².